The van der Waals surface area contributed by atoms with Gasteiger partial charge in [0, 0.05) is 0 Å². The molecule has 2 atom stereocenters. The zero-order valence-electron chi connectivity index (χ0n) is 9.87. The number of imide groups is 1. The van der Waals surface area contributed by atoms with Crippen molar-refractivity contribution in [3.63, 3.8) is 0 Å². The molecule has 0 aromatic heterocycles. The first-order chi connectivity index (χ1) is 8.50. The van der Waals surface area contributed by atoms with Crippen molar-refractivity contribution in [1.82, 2.24) is 10.4 Å². The first-order valence-electron chi connectivity index (χ1n) is 5.71. The van der Waals surface area contributed by atoms with E-state index < -0.39 is 45.1 Å². The molecule has 6 nitrogen and oxygen atoms in total. The van der Waals surface area contributed by atoms with Crippen LogP contribution in [-0.4, -0.2) is 53.2 Å². The van der Waals surface area contributed by atoms with Crippen LogP contribution >= 0.6 is 0 Å². The number of carbonyl (C=O) groups is 3. The van der Waals surface area contributed by atoms with Crippen LogP contribution in [0.3, 0.4) is 0 Å². The molecule has 0 bridgehead atoms. The maximum absolute atomic E-state index is 11.9. The molecule has 2 rings (SSSR count). The third-order valence-corrected chi connectivity index (χ3v) is 10.7. The topological polar surface area (TPSA) is 86.7 Å². The van der Waals surface area contributed by atoms with Gasteiger partial charge in [0.15, 0.2) is 0 Å². The Kier molecular flexibility index (Phi) is 3.91. The molecule has 0 saturated carbocycles. The number of hydroxylamine groups is 2. The van der Waals surface area contributed by atoms with E-state index in [1.807, 2.05) is 19.1 Å². The minimum absolute atomic E-state index is 0.0353. The van der Waals surface area contributed by atoms with Crippen LogP contribution in [0.2, 0.25) is 0 Å². The summed E-state index contributed by atoms with van der Waals surface area (Å²) in [6, 6.07) is 0. The Balaban J connectivity index is 1.96. The Morgan fingerprint density at radius 1 is 1.50 bits per heavy atom. The van der Waals surface area contributed by atoms with Gasteiger partial charge in [0.25, 0.3) is 0 Å². The van der Waals surface area contributed by atoms with Crippen molar-refractivity contribution in [1.29, 1.82) is 0 Å². The van der Waals surface area contributed by atoms with E-state index in [4.69, 9.17) is 5.21 Å². The summed E-state index contributed by atoms with van der Waals surface area (Å²) in [5.74, 6) is -3.11. The van der Waals surface area contributed by atoms with E-state index in [0.29, 0.717) is 0 Å². The van der Waals surface area contributed by atoms with Crippen LogP contribution in [0.1, 0.15) is 13.3 Å². The molecule has 18 heavy (non-hydrogen) atoms. The molecular formula is C11H13InN2O4. The summed E-state index contributed by atoms with van der Waals surface area (Å²) in [5.41, 5.74) is 0. The summed E-state index contributed by atoms with van der Waals surface area (Å²) in [5, 5.41) is 11.9. The third-order valence-electron chi connectivity index (χ3n) is 3.16. The molecule has 0 radical (unpaired) electrons. The number of amides is 3. The van der Waals surface area contributed by atoms with Gasteiger partial charge in [-0.3, -0.25) is 0 Å². The van der Waals surface area contributed by atoms with Gasteiger partial charge in [0.05, 0.1) is 0 Å². The van der Waals surface area contributed by atoms with Gasteiger partial charge in [0.2, 0.25) is 0 Å². The standard InChI is InChI=1S/C7H9N2O4.C4H4.In/c1-2-8-6(11)4-3-5(10)9(13)7(4)12;1-3-4-2;/h2,4,13H,3H2,1H3,(H,8,11);1-4H;. The molecule has 0 aromatic rings. The second-order valence-corrected chi connectivity index (χ2v) is 12.8. The number of nitrogens with zero attached hydrogens (tertiary/aromatic N) is 1. The van der Waals surface area contributed by atoms with Crippen LogP contribution in [0.4, 0.5) is 0 Å². The molecule has 2 aliphatic rings. The fraction of sp³-hybridized carbons (Fsp3) is 0.364. The van der Waals surface area contributed by atoms with Crippen molar-refractivity contribution in [2.45, 2.75) is 17.1 Å². The fourth-order valence-corrected chi connectivity index (χ4v) is 7.51. The number of nitrogens with one attached hydrogen (secondary N) is 1. The predicted molar refractivity (Wildman–Crippen MR) is 63.4 cm³/mol. The molecule has 2 N–H and O–H groups in total. The van der Waals surface area contributed by atoms with Crippen molar-refractivity contribution in [3.05, 3.63) is 19.8 Å². The van der Waals surface area contributed by atoms with Crippen molar-refractivity contribution in [3.8, 4) is 0 Å². The average molecular weight is 352 g/mol. The minimum atomic E-state index is -2.00. The van der Waals surface area contributed by atoms with E-state index in [2.05, 4.69) is 13.0 Å². The van der Waals surface area contributed by atoms with Gasteiger partial charge < -0.3 is 0 Å². The molecule has 0 aliphatic carbocycles. The summed E-state index contributed by atoms with van der Waals surface area (Å²) >= 11 is -2.00. The second-order valence-electron chi connectivity index (χ2n) is 4.44. The van der Waals surface area contributed by atoms with Crippen molar-refractivity contribution in [2.75, 3.05) is 0 Å². The maximum atomic E-state index is 11.9. The van der Waals surface area contributed by atoms with Crippen molar-refractivity contribution >= 4 is 39.2 Å². The van der Waals surface area contributed by atoms with Gasteiger partial charge in [-0.25, -0.2) is 0 Å². The van der Waals surface area contributed by atoms with Gasteiger partial charge >= 0.3 is 112 Å². The Morgan fingerprint density at radius 3 is 2.61 bits per heavy atom. The van der Waals surface area contributed by atoms with Gasteiger partial charge in [0.1, 0.15) is 0 Å². The van der Waals surface area contributed by atoms with E-state index in [0.717, 1.165) is 0 Å². The Morgan fingerprint density at radius 2 is 2.11 bits per heavy atom. The SMILES string of the molecule is C[CH](NC(=O)C1CC(=O)N(O)C1=O)[In]1[CH]=CC=[CH]1. The number of carbonyl (C=O) groups excluding carboxylic acids is 3. The summed E-state index contributed by atoms with van der Waals surface area (Å²) in [7, 11) is 0. The molecule has 1 fully saturated rings. The molecule has 0 spiro atoms. The number of hydrogen-bond acceptors (Lipinski definition) is 4. The van der Waals surface area contributed by atoms with Crippen molar-refractivity contribution < 1.29 is 19.6 Å². The third kappa shape index (κ3) is 2.51. The molecule has 1 saturated heterocycles. The second kappa shape index (κ2) is 5.27. The van der Waals surface area contributed by atoms with E-state index in [-0.39, 0.29) is 15.3 Å². The molecule has 94 valence electrons. The van der Waals surface area contributed by atoms with Crippen LogP contribution in [0.25, 0.3) is 0 Å². The molecule has 2 aliphatic heterocycles. The quantitative estimate of drug-likeness (QED) is 0.407. The summed E-state index contributed by atoms with van der Waals surface area (Å²) < 4.78 is 4.34. The first-order valence-corrected chi connectivity index (χ1v) is 11.4. The first kappa shape index (κ1) is 13.4. The van der Waals surface area contributed by atoms with Crippen molar-refractivity contribution in [2.24, 2.45) is 5.92 Å². The van der Waals surface area contributed by atoms with Crippen LogP contribution in [0, 0.1) is 5.92 Å². The van der Waals surface area contributed by atoms with Gasteiger partial charge in [-0.05, 0) is 0 Å². The Labute approximate surface area is 112 Å². The van der Waals surface area contributed by atoms with E-state index in [9.17, 15) is 14.4 Å². The molecule has 2 heterocycles. The molecule has 3 amide bonds. The summed E-state index contributed by atoms with van der Waals surface area (Å²) in [4.78, 5) is 34.4. The van der Waals surface area contributed by atoms with Gasteiger partial charge in [-0.15, -0.1) is 0 Å². The van der Waals surface area contributed by atoms with Gasteiger partial charge in [-0.1, -0.05) is 0 Å². The number of allylic oxidation sites excluding steroid dienone is 2. The number of hydrogen-bond donors (Lipinski definition) is 2. The molecule has 7 heteroatoms. The van der Waals surface area contributed by atoms with E-state index >= 15 is 0 Å². The predicted octanol–water partition coefficient (Wildman–Crippen LogP) is -0.506. The molecular weight excluding hydrogens is 339 g/mol. The summed E-state index contributed by atoms with van der Waals surface area (Å²) in [6.45, 7) is 1.91. The Bertz CT molecular complexity index is 448. The zero-order valence-corrected chi connectivity index (χ0v) is 13.2. The van der Waals surface area contributed by atoms with E-state index in [1.54, 1.807) is 0 Å². The average Bonchev–Trinajstić information content (AvgIpc) is 2.94. The zero-order chi connectivity index (χ0) is 13.3. The molecule has 0 aromatic carbocycles. The van der Waals surface area contributed by atoms with Crippen LogP contribution in [-0.2, 0) is 14.4 Å². The van der Waals surface area contributed by atoms with Crippen LogP contribution in [0.5, 0.6) is 0 Å². The fourth-order valence-electron chi connectivity index (χ4n) is 2.03. The molecule has 2 unspecified atom stereocenters. The van der Waals surface area contributed by atoms with Gasteiger partial charge in [-0.2, -0.15) is 0 Å². The monoisotopic (exact) mass is 352 g/mol. The number of rotatable bonds is 3. The Hall–Kier alpha value is -1.08. The normalized spacial score (nSPS) is 24.0. The van der Waals surface area contributed by atoms with Crippen LogP contribution in [0.15, 0.2) is 19.8 Å². The summed E-state index contributed by atoms with van der Waals surface area (Å²) in [6.07, 6.45) is 3.70. The van der Waals surface area contributed by atoms with E-state index in [1.165, 1.54) is 0 Å². The van der Waals surface area contributed by atoms with Crippen LogP contribution < -0.4 is 5.32 Å².